The lowest BCUT2D eigenvalue weighted by Gasteiger charge is -2.11. The van der Waals surface area contributed by atoms with Crippen LogP contribution in [0.3, 0.4) is 0 Å². The molecule has 0 bridgehead atoms. The van der Waals surface area contributed by atoms with Gasteiger partial charge in [-0.1, -0.05) is 0 Å². The van der Waals surface area contributed by atoms with Crippen LogP contribution in [-0.2, 0) is 0 Å². The molecule has 0 spiro atoms. The van der Waals surface area contributed by atoms with E-state index in [1.807, 2.05) is 0 Å². The molecule has 1 aliphatic rings. The zero-order valence-corrected chi connectivity index (χ0v) is 10.3. The standard InChI is InChI=1S/C10H13N3O4.ClH/c11-2-1-7(12)6-3-9-10(17-5-16-9)4-8(6)13(14)15;/h3-4,7H,1-2,5,11-12H2;1H/t7-;/m0./s1. The van der Waals surface area contributed by atoms with Gasteiger partial charge in [-0.3, -0.25) is 10.1 Å². The maximum Gasteiger partial charge on any atom is 0.278 e. The van der Waals surface area contributed by atoms with Crippen molar-refractivity contribution in [1.29, 1.82) is 0 Å². The van der Waals surface area contributed by atoms with E-state index in [2.05, 4.69) is 0 Å². The van der Waals surface area contributed by atoms with Crippen LogP contribution in [0.25, 0.3) is 0 Å². The van der Waals surface area contributed by atoms with Gasteiger partial charge in [0, 0.05) is 6.04 Å². The van der Waals surface area contributed by atoms with E-state index in [1.54, 1.807) is 6.07 Å². The van der Waals surface area contributed by atoms with E-state index in [1.165, 1.54) is 6.07 Å². The largest absolute Gasteiger partial charge is 0.454 e. The third-order valence-corrected chi connectivity index (χ3v) is 2.60. The molecule has 2 rings (SSSR count). The molecule has 1 aliphatic heterocycles. The number of nitrogens with zero attached hydrogens (tertiary/aromatic N) is 1. The smallest absolute Gasteiger partial charge is 0.278 e. The molecule has 1 aromatic carbocycles. The van der Waals surface area contributed by atoms with Crippen LogP contribution in [0.15, 0.2) is 12.1 Å². The molecule has 0 radical (unpaired) electrons. The highest BCUT2D eigenvalue weighted by atomic mass is 35.5. The monoisotopic (exact) mass is 275 g/mol. The number of hydrogen-bond donors (Lipinski definition) is 2. The Balaban J connectivity index is 0.00000162. The van der Waals surface area contributed by atoms with Crippen molar-refractivity contribution >= 4 is 18.1 Å². The van der Waals surface area contributed by atoms with Crippen LogP contribution in [-0.4, -0.2) is 18.3 Å². The minimum Gasteiger partial charge on any atom is -0.454 e. The first kappa shape index (κ1) is 14.5. The Morgan fingerprint density at radius 2 is 2.00 bits per heavy atom. The quantitative estimate of drug-likeness (QED) is 0.628. The molecule has 1 atom stereocenters. The molecule has 7 nitrogen and oxygen atoms in total. The summed E-state index contributed by atoms with van der Waals surface area (Å²) >= 11 is 0. The summed E-state index contributed by atoms with van der Waals surface area (Å²) in [7, 11) is 0. The fraction of sp³-hybridized carbons (Fsp3) is 0.400. The van der Waals surface area contributed by atoms with Gasteiger partial charge in [0.25, 0.3) is 5.69 Å². The molecule has 1 heterocycles. The summed E-state index contributed by atoms with van der Waals surface area (Å²) in [6.45, 7) is 0.439. The fourth-order valence-electron chi connectivity index (χ4n) is 1.74. The number of nitrogens with two attached hydrogens (primary N) is 2. The van der Waals surface area contributed by atoms with E-state index < -0.39 is 11.0 Å². The van der Waals surface area contributed by atoms with Crippen molar-refractivity contribution in [1.82, 2.24) is 0 Å². The van der Waals surface area contributed by atoms with Crippen LogP contribution in [0.1, 0.15) is 18.0 Å². The van der Waals surface area contributed by atoms with Crippen molar-refractivity contribution < 1.29 is 14.4 Å². The number of benzene rings is 1. The lowest BCUT2D eigenvalue weighted by atomic mass is 10.0. The Hall–Kier alpha value is -1.57. The molecule has 1 aromatic rings. The SMILES string of the molecule is Cl.NCC[C@H](N)c1cc2c(cc1[N+](=O)[O-])OCO2. The Kier molecular flexibility index (Phi) is 4.71. The van der Waals surface area contributed by atoms with E-state index in [4.69, 9.17) is 20.9 Å². The third kappa shape index (κ3) is 2.63. The van der Waals surface area contributed by atoms with Gasteiger partial charge in [0.2, 0.25) is 6.79 Å². The first-order valence-electron chi connectivity index (χ1n) is 5.17. The summed E-state index contributed by atoms with van der Waals surface area (Å²) in [5.41, 5.74) is 11.6. The van der Waals surface area contributed by atoms with Crippen molar-refractivity contribution in [2.24, 2.45) is 11.5 Å². The van der Waals surface area contributed by atoms with Crippen molar-refractivity contribution in [3.63, 3.8) is 0 Å². The van der Waals surface area contributed by atoms with E-state index in [0.717, 1.165) is 0 Å². The number of nitro benzene ring substituents is 1. The molecular formula is C10H14ClN3O4. The minimum atomic E-state index is -0.479. The Morgan fingerprint density at radius 1 is 1.39 bits per heavy atom. The van der Waals surface area contributed by atoms with Gasteiger partial charge < -0.3 is 20.9 Å². The summed E-state index contributed by atoms with van der Waals surface area (Å²) in [5, 5.41) is 11.0. The molecule has 0 aromatic heterocycles. The lowest BCUT2D eigenvalue weighted by molar-refractivity contribution is -0.385. The summed E-state index contributed by atoms with van der Waals surface area (Å²) in [5.74, 6) is 0.860. The molecule has 0 fully saturated rings. The van der Waals surface area contributed by atoms with E-state index in [0.29, 0.717) is 30.0 Å². The first-order chi connectivity index (χ1) is 8.13. The van der Waals surface area contributed by atoms with Gasteiger partial charge in [-0.15, -0.1) is 12.4 Å². The molecule has 4 N–H and O–H groups in total. The van der Waals surface area contributed by atoms with Crippen molar-refractivity contribution in [3.05, 3.63) is 27.8 Å². The maximum atomic E-state index is 11.0. The van der Waals surface area contributed by atoms with Crippen LogP contribution in [0.2, 0.25) is 0 Å². The van der Waals surface area contributed by atoms with Gasteiger partial charge in [0.15, 0.2) is 11.5 Å². The topological polar surface area (TPSA) is 114 Å². The van der Waals surface area contributed by atoms with Crippen LogP contribution in [0, 0.1) is 10.1 Å². The summed E-state index contributed by atoms with van der Waals surface area (Å²) < 4.78 is 10.3. The first-order valence-corrected chi connectivity index (χ1v) is 5.17. The highest BCUT2D eigenvalue weighted by Crippen LogP contribution is 2.40. The molecule has 0 saturated carbocycles. The van der Waals surface area contributed by atoms with E-state index in [9.17, 15) is 10.1 Å². The summed E-state index contributed by atoms with van der Waals surface area (Å²) in [4.78, 5) is 10.5. The lowest BCUT2D eigenvalue weighted by Crippen LogP contribution is -2.16. The molecule has 100 valence electrons. The Labute approximate surface area is 110 Å². The van der Waals surface area contributed by atoms with Gasteiger partial charge in [-0.25, -0.2) is 0 Å². The van der Waals surface area contributed by atoms with Gasteiger partial charge in [0.1, 0.15) is 0 Å². The van der Waals surface area contributed by atoms with Crippen molar-refractivity contribution in [2.45, 2.75) is 12.5 Å². The molecule has 0 unspecified atom stereocenters. The Bertz CT molecular complexity index is 455. The summed E-state index contributed by atoms with van der Waals surface area (Å²) in [6.07, 6.45) is 0.473. The zero-order valence-electron chi connectivity index (χ0n) is 9.50. The van der Waals surface area contributed by atoms with Crippen LogP contribution >= 0.6 is 12.4 Å². The van der Waals surface area contributed by atoms with Crippen molar-refractivity contribution in [3.8, 4) is 11.5 Å². The minimum absolute atomic E-state index is 0. The second-order valence-corrected chi connectivity index (χ2v) is 3.71. The Morgan fingerprint density at radius 3 is 2.56 bits per heavy atom. The molecule has 0 saturated heterocycles. The maximum absolute atomic E-state index is 11.0. The predicted molar refractivity (Wildman–Crippen MR) is 67.1 cm³/mol. The molecule has 18 heavy (non-hydrogen) atoms. The number of halogens is 1. The normalized spacial score (nSPS) is 13.9. The predicted octanol–water partition coefficient (Wildman–Crippen LogP) is 1.09. The number of hydrogen-bond acceptors (Lipinski definition) is 6. The summed E-state index contributed by atoms with van der Waals surface area (Å²) in [6, 6.07) is 2.42. The van der Waals surface area contributed by atoms with Gasteiger partial charge in [0.05, 0.1) is 16.6 Å². The average molecular weight is 276 g/mol. The van der Waals surface area contributed by atoms with Crippen LogP contribution in [0.5, 0.6) is 11.5 Å². The number of fused-ring (bicyclic) bond motifs is 1. The van der Waals surface area contributed by atoms with Crippen LogP contribution < -0.4 is 20.9 Å². The van der Waals surface area contributed by atoms with Crippen molar-refractivity contribution in [2.75, 3.05) is 13.3 Å². The second kappa shape index (κ2) is 5.85. The van der Waals surface area contributed by atoms with Crippen LogP contribution in [0.4, 0.5) is 5.69 Å². The number of nitro groups is 1. The van der Waals surface area contributed by atoms with E-state index >= 15 is 0 Å². The highest BCUT2D eigenvalue weighted by molar-refractivity contribution is 5.85. The highest BCUT2D eigenvalue weighted by Gasteiger charge is 2.26. The number of ether oxygens (including phenoxy) is 2. The van der Waals surface area contributed by atoms with E-state index in [-0.39, 0.29) is 24.9 Å². The van der Waals surface area contributed by atoms with Gasteiger partial charge in [-0.05, 0) is 19.0 Å². The average Bonchev–Trinajstić information content (AvgIpc) is 2.74. The zero-order chi connectivity index (χ0) is 12.4. The third-order valence-electron chi connectivity index (χ3n) is 2.60. The number of rotatable bonds is 4. The second-order valence-electron chi connectivity index (χ2n) is 3.71. The molecule has 0 aliphatic carbocycles. The molecular weight excluding hydrogens is 262 g/mol. The molecule has 8 heteroatoms. The van der Waals surface area contributed by atoms with Gasteiger partial charge in [-0.2, -0.15) is 0 Å². The van der Waals surface area contributed by atoms with Gasteiger partial charge >= 0.3 is 0 Å². The fourth-order valence-corrected chi connectivity index (χ4v) is 1.74. The molecule has 0 amide bonds.